The number of aliphatic carboxylic acids is 2. The van der Waals surface area contributed by atoms with Crippen molar-refractivity contribution in [3.63, 3.8) is 0 Å². The number of benzene rings is 2. The minimum Gasteiger partial charge on any atom is -0.507 e. The van der Waals surface area contributed by atoms with Crippen molar-refractivity contribution in [3.05, 3.63) is 52.2 Å². The van der Waals surface area contributed by atoms with Crippen LogP contribution < -0.4 is 10.2 Å². The first kappa shape index (κ1) is 32.1. The highest BCUT2D eigenvalue weighted by molar-refractivity contribution is 5.85. The van der Waals surface area contributed by atoms with Crippen molar-refractivity contribution >= 4 is 22.9 Å². The van der Waals surface area contributed by atoms with Crippen molar-refractivity contribution in [1.82, 2.24) is 0 Å². The van der Waals surface area contributed by atoms with E-state index in [0.29, 0.717) is 0 Å². The van der Waals surface area contributed by atoms with Crippen LogP contribution in [0.15, 0.2) is 45.6 Å². The first-order valence-corrected chi connectivity index (χ1v) is 13.2. The molecule has 3 heterocycles. The number of methoxy groups -OCH3 is 1. The Hall–Kier alpha value is -4.33. The fourth-order valence-electron chi connectivity index (χ4n) is 5.25. The molecule has 10 atom stereocenters. The average Bonchev–Trinajstić information content (AvgIpc) is 2.98. The molecule has 0 radical (unpaired) electrons. The first-order chi connectivity index (χ1) is 21.2. The monoisotopic (exact) mass is 636 g/mol. The van der Waals surface area contributed by atoms with Gasteiger partial charge in [0.15, 0.2) is 35.4 Å². The maximum Gasteiger partial charge on any atom is 0.335 e. The van der Waals surface area contributed by atoms with Crippen LogP contribution in [0.4, 0.5) is 0 Å². The molecule has 2 aliphatic heterocycles. The number of carboxylic acids is 2. The predicted molar refractivity (Wildman–Crippen MR) is 144 cm³/mol. The van der Waals surface area contributed by atoms with Crippen LogP contribution in [-0.4, -0.2) is 120 Å². The Labute approximate surface area is 251 Å². The quantitative estimate of drug-likeness (QED) is 0.141. The molecule has 3 aromatic rings. The molecule has 5 rings (SSSR count). The molecule has 0 aliphatic carbocycles. The highest BCUT2D eigenvalue weighted by atomic mass is 16.7. The summed E-state index contributed by atoms with van der Waals surface area (Å²) in [5.74, 6) is -4.31. The Morgan fingerprint density at radius 2 is 1.42 bits per heavy atom. The summed E-state index contributed by atoms with van der Waals surface area (Å²) in [7, 11) is 1.33. The normalized spacial score (nSPS) is 31.9. The van der Waals surface area contributed by atoms with Crippen LogP contribution >= 0.6 is 0 Å². The van der Waals surface area contributed by atoms with Gasteiger partial charge in [-0.25, -0.2) is 9.59 Å². The van der Waals surface area contributed by atoms with Gasteiger partial charge < -0.3 is 69.3 Å². The second-order valence-corrected chi connectivity index (χ2v) is 10.4. The van der Waals surface area contributed by atoms with Crippen molar-refractivity contribution in [2.75, 3.05) is 7.11 Å². The summed E-state index contributed by atoms with van der Waals surface area (Å²) in [6.45, 7) is 0. The smallest absolute Gasteiger partial charge is 0.335 e. The second kappa shape index (κ2) is 12.2. The fourth-order valence-corrected chi connectivity index (χ4v) is 5.25. The summed E-state index contributed by atoms with van der Waals surface area (Å²) >= 11 is 0. The van der Waals surface area contributed by atoms with E-state index in [1.165, 1.54) is 25.3 Å². The first-order valence-electron chi connectivity index (χ1n) is 13.2. The third-order valence-corrected chi connectivity index (χ3v) is 7.56. The van der Waals surface area contributed by atoms with Gasteiger partial charge in [0.1, 0.15) is 65.2 Å². The van der Waals surface area contributed by atoms with Gasteiger partial charge in [-0.3, -0.25) is 4.79 Å². The molecule has 2 aliphatic rings. The number of carboxylic acid groups (broad SMARTS) is 2. The van der Waals surface area contributed by atoms with Gasteiger partial charge in [0.05, 0.1) is 7.11 Å². The molecule has 1 aromatic heterocycles. The molecule has 0 bridgehead atoms. The third-order valence-electron chi connectivity index (χ3n) is 7.56. The lowest BCUT2D eigenvalue weighted by molar-refractivity contribution is -0.335. The topological polar surface area (TPSA) is 283 Å². The van der Waals surface area contributed by atoms with Crippen LogP contribution in [0, 0.1) is 0 Å². The molecule has 2 aromatic carbocycles. The number of hydrogen-bond donors (Lipinski definition) is 9. The molecule has 2 fully saturated rings. The van der Waals surface area contributed by atoms with Gasteiger partial charge in [0.25, 0.3) is 0 Å². The lowest BCUT2D eigenvalue weighted by Crippen LogP contribution is -2.63. The number of aromatic hydroxyl groups is 2. The van der Waals surface area contributed by atoms with Gasteiger partial charge in [0.2, 0.25) is 0 Å². The SMILES string of the molecule is COc1ccc(-c2cc(=O)c3c(O)cc([C@@H]4O[C@H](C(=O)O)[C@@H](O)[C@H](O)[C@H]4O[C@@H]4O[C@H](C(=O)O)[C@@H](O)[C@H](O)[C@H]4O)cc3o2)cc1O. The van der Waals surface area contributed by atoms with Gasteiger partial charge in [-0.05, 0) is 35.9 Å². The number of fused-ring (bicyclic) bond motifs is 1. The Morgan fingerprint density at radius 3 is 2.04 bits per heavy atom. The van der Waals surface area contributed by atoms with E-state index in [-0.39, 0.29) is 39.4 Å². The minimum atomic E-state index is -2.14. The maximum atomic E-state index is 13.0. The molecule has 242 valence electrons. The standard InChI is InChI=1S/C28H28O17/c1-41-13-3-2-8(4-10(13)29)14-7-12(31)16-11(30)5-9(6-15(16)42-14)22-23(19(34)20(35)24(43-22)26(37)38)44-28-21(36)17(32)18(33)25(45-28)27(39)40/h2-7,17-25,28-30,32-36H,1H3,(H,37,38)(H,39,40)/t17-,18-,19-,20-,21+,22-,23+,24-,25-,28+/m0/s1. The number of hydrogen-bond acceptors (Lipinski definition) is 15. The van der Waals surface area contributed by atoms with E-state index in [1.807, 2.05) is 0 Å². The molecule has 0 amide bonds. The molecule has 17 heteroatoms. The summed E-state index contributed by atoms with van der Waals surface area (Å²) in [5, 5.41) is 91.7. The van der Waals surface area contributed by atoms with Crippen molar-refractivity contribution in [3.8, 4) is 28.6 Å². The van der Waals surface area contributed by atoms with Crippen molar-refractivity contribution in [2.24, 2.45) is 0 Å². The molecule has 2 saturated heterocycles. The summed E-state index contributed by atoms with van der Waals surface area (Å²) in [5.41, 5.74) is -0.932. The van der Waals surface area contributed by atoms with E-state index in [1.54, 1.807) is 0 Å². The summed E-state index contributed by atoms with van der Waals surface area (Å²) in [6, 6.07) is 7.30. The number of rotatable bonds is 7. The molecule has 17 nitrogen and oxygen atoms in total. The van der Waals surface area contributed by atoms with Crippen LogP contribution in [0.2, 0.25) is 0 Å². The van der Waals surface area contributed by atoms with E-state index in [4.69, 9.17) is 23.4 Å². The number of aliphatic hydroxyl groups excluding tert-OH is 5. The van der Waals surface area contributed by atoms with E-state index in [9.17, 15) is 60.3 Å². The predicted octanol–water partition coefficient (Wildman–Crippen LogP) is -1.60. The van der Waals surface area contributed by atoms with Crippen molar-refractivity contribution < 1.29 is 78.9 Å². The van der Waals surface area contributed by atoms with Gasteiger partial charge in [-0.15, -0.1) is 0 Å². The Bertz CT molecular complexity index is 1670. The lowest BCUT2D eigenvalue weighted by Gasteiger charge is -2.45. The van der Waals surface area contributed by atoms with E-state index in [2.05, 4.69) is 0 Å². The van der Waals surface area contributed by atoms with Crippen LogP contribution in [0.1, 0.15) is 11.7 Å². The highest BCUT2D eigenvalue weighted by Crippen LogP contribution is 2.40. The summed E-state index contributed by atoms with van der Waals surface area (Å²) in [4.78, 5) is 36.4. The van der Waals surface area contributed by atoms with Gasteiger partial charge in [-0.1, -0.05) is 0 Å². The van der Waals surface area contributed by atoms with Gasteiger partial charge in [0, 0.05) is 11.6 Å². The highest BCUT2D eigenvalue weighted by Gasteiger charge is 2.53. The van der Waals surface area contributed by atoms with E-state index < -0.39 is 84.3 Å². The molecular weight excluding hydrogens is 608 g/mol. The number of phenols is 2. The number of carbonyl (C=O) groups is 2. The second-order valence-electron chi connectivity index (χ2n) is 10.4. The van der Waals surface area contributed by atoms with E-state index in [0.717, 1.165) is 18.2 Å². The zero-order valence-electron chi connectivity index (χ0n) is 23.0. The summed E-state index contributed by atoms with van der Waals surface area (Å²) in [6.07, 6.45) is -20.4. The molecule has 0 unspecified atom stereocenters. The molecule has 9 N–H and O–H groups in total. The summed E-state index contributed by atoms with van der Waals surface area (Å²) < 4.78 is 27.1. The van der Waals surface area contributed by atoms with E-state index >= 15 is 0 Å². The van der Waals surface area contributed by atoms with Crippen LogP contribution in [0.5, 0.6) is 17.2 Å². The lowest BCUT2D eigenvalue weighted by atomic mass is 9.90. The number of aliphatic hydroxyl groups is 5. The zero-order chi connectivity index (χ0) is 32.9. The molecule has 0 spiro atoms. The van der Waals surface area contributed by atoms with Gasteiger partial charge in [-0.2, -0.15) is 0 Å². The van der Waals surface area contributed by atoms with Crippen LogP contribution in [-0.2, 0) is 23.8 Å². The third kappa shape index (κ3) is 5.78. The Morgan fingerprint density at radius 1 is 0.778 bits per heavy atom. The van der Waals surface area contributed by atoms with Crippen molar-refractivity contribution in [1.29, 1.82) is 0 Å². The Kier molecular flexibility index (Phi) is 8.71. The zero-order valence-corrected chi connectivity index (χ0v) is 23.0. The largest absolute Gasteiger partial charge is 0.507 e. The van der Waals surface area contributed by atoms with Gasteiger partial charge >= 0.3 is 11.9 Å². The fraction of sp³-hybridized carbons (Fsp3) is 0.393. The number of phenolic OH excluding ortho intramolecular Hbond substituents is 2. The van der Waals surface area contributed by atoms with Crippen molar-refractivity contribution in [2.45, 2.75) is 61.2 Å². The molecular formula is C28H28O17. The van der Waals surface area contributed by atoms with Crippen LogP contribution in [0.25, 0.3) is 22.3 Å². The maximum absolute atomic E-state index is 13.0. The minimum absolute atomic E-state index is 0.0655. The number of ether oxygens (including phenoxy) is 4. The molecule has 0 saturated carbocycles. The average molecular weight is 637 g/mol. The molecule has 45 heavy (non-hydrogen) atoms. The van der Waals surface area contributed by atoms with Crippen LogP contribution in [0.3, 0.4) is 0 Å². The Balaban J connectivity index is 1.59.